The first-order valence-electron chi connectivity index (χ1n) is 8.92. The molecule has 1 unspecified atom stereocenters. The molecule has 0 bridgehead atoms. The van der Waals surface area contributed by atoms with Gasteiger partial charge in [-0.2, -0.15) is 0 Å². The number of nitrogens with zero attached hydrogens (tertiary/aromatic N) is 1. The van der Waals surface area contributed by atoms with Crippen LogP contribution in [0.2, 0.25) is 0 Å². The largest absolute Gasteiger partial charge is 0.487 e. The Bertz CT molecular complexity index is 829. The van der Waals surface area contributed by atoms with Crippen LogP contribution in [0.1, 0.15) is 38.7 Å². The Labute approximate surface area is 166 Å². The van der Waals surface area contributed by atoms with Gasteiger partial charge >= 0.3 is 5.97 Å². The Morgan fingerprint density at radius 2 is 2.26 bits per heavy atom. The summed E-state index contributed by atoms with van der Waals surface area (Å²) in [6, 6.07) is 7.34. The molecule has 1 aliphatic heterocycles. The minimum absolute atomic E-state index is 0.0346. The molecule has 2 heterocycles. The van der Waals surface area contributed by atoms with E-state index in [4.69, 9.17) is 9.84 Å². The molecule has 3 rings (SSSR count). The van der Waals surface area contributed by atoms with Crippen molar-refractivity contribution in [2.75, 3.05) is 0 Å². The van der Waals surface area contributed by atoms with Crippen molar-refractivity contribution >= 4 is 29.5 Å². The lowest BCUT2D eigenvalue weighted by Crippen LogP contribution is -2.24. The molecule has 1 aliphatic rings. The van der Waals surface area contributed by atoms with Crippen LogP contribution in [0.4, 0.5) is 4.39 Å². The molecule has 144 valence electrons. The maximum Gasteiger partial charge on any atom is 0.303 e. The van der Waals surface area contributed by atoms with Gasteiger partial charge in [-0.15, -0.1) is 11.8 Å². The number of thioether (sulfide) groups is 1. The molecule has 4 nitrogen and oxygen atoms in total. The minimum Gasteiger partial charge on any atom is -0.487 e. The number of pyridine rings is 1. The zero-order valence-corrected chi connectivity index (χ0v) is 16.9. The summed E-state index contributed by atoms with van der Waals surface area (Å²) in [5, 5.41) is 10.2. The molecule has 1 aromatic carbocycles. The second kappa shape index (κ2) is 8.97. The van der Waals surface area contributed by atoms with Gasteiger partial charge in [0, 0.05) is 27.7 Å². The monoisotopic (exact) mass is 407 g/mol. The van der Waals surface area contributed by atoms with E-state index in [-0.39, 0.29) is 18.3 Å². The second-order valence-corrected chi connectivity index (χ2v) is 9.36. The molecule has 0 amide bonds. The first kappa shape index (κ1) is 20.0. The fraction of sp³-hybridized carbons (Fsp3) is 0.400. The number of aryl methyl sites for hydroxylation is 1. The van der Waals surface area contributed by atoms with Crippen LogP contribution in [-0.2, 0) is 11.2 Å². The van der Waals surface area contributed by atoms with Gasteiger partial charge in [-0.05, 0) is 49.1 Å². The van der Waals surface area contributed by atoms with Crippen LogP contribution in [-0.4, -0.2) is 27.4 Å². The summed E-state index contributed by atoms with van der Waals surface area (Å²) in [6.45, 7) is 4.23. The highest BCUT2D eigenvalue weighted by Gasteiger charge is 2.24. The summed E-state index contributed by atoms with van der Waals surface area (Å²) < 4.78 is 20.4. The summed E-state index contributed by atoms with van der Waals surface area (Å²) in [7, 11) is 0. The molecule has 27 heavy (non-hydrogen) atoms. The number of carboxylic acids is 1. The molecule has 1 N–H and O–H groups in total. The van der Waals surface area contributed by atoms with Crippen molar-refractivity contribution in [1.29, 1.82) is 0 Å². The smallest absolute Gasteiger partial charge is 0.303 e. The lowest BCUT2D eigenvalue weighted by Gasteiger charge is -2.26. The van der Waals surface area contributed by atoms with E-state index in [0.717, 1.165) is 20.4 Å². The van der Waals surface area contributed by atoms with Gasteiger partial charge in [0.2, 0.25) is 0 Å². The number of hydrogen-bond acceptors (Lipinski definition) is 5. The Kier molecular flexibility index (Phi) is 6.65. The van der Waals surface area contributed by atoms with E-state index in [2.05, 4.69) is 18.8 Å². The Balaban J connectivity index is 1.77. The van der Waals surface area contributed by atoms with Crippen LogP contribution in [0.3, 0.4) is 0 Å². The van der Waals surface area contributed by atoms with Gasteiger partial charge in [-0.3, -0.25) is 4.79 Å². The second-order valence-electron chi connectivity index (χ2n) is 6.68. The summed E-state index contributed by atoms with van der Waals surface area (Å²) in [4.78, 5) is 17.0. The number of rotatable bonds is 7. The zero-order chi connectivity index (χ0) is 19.4. The highest BCUT2D eigenvalue weighted by Crippen LogP contribution is 2.40. The van der Waals surface area contributed by atoms with Gasteiger partial charge in [0.1, 0.15) is 5.03 Å². The number of fused-ring (bicyclic) bond motifs is 1. The number of ether oxygens (including phenoxy) is 1. The third kappa shape index (κ3) is 5.39. The van der Waals surface area contributed by atoms with Gasteiger partial charge < -0.3 is 9.84 Å². The maximum atomic E-state index is 14.6. The lowest BCUT2D eigenvalue weighted by molar-refractivity contribution is -0.137. The molecule has 1 aromatic heterocycles. The van der Waals surface area contributed by atoms with Gasteiger partial charge in [-0.25, -0.2) is 9.37 Å². The van der Waals surface area contributed by atoms with E-state index in [1.807, 2.05) is 18.2 Å². The molecule has 1 atom stereocenters. The maximum absolute atomic E-state index is 14.6. The van der Waals surface area contributed by atoms with Crippen molar-refractivity contribution in [2.24, 2.45) is 0 Å². The van der Waals surface area contributed by atoms with E-state index in [9.17, 15) is 9.18 Å². The van der Waals surface area contributed by atoms with Crippen molar-refractivity contribution in [1.82, 2.24) is 4.98 Å². The van der Waals surface area contributed by atoms with Gasteiger partial charge in [0.05, 0.1) is 6.10 Å². The number of aromatic nitrogens is 1. The van der Waals surface area contributed by atoms with Crippen LogP contribution in [0, 0.1) is 5.82 Å². The topological polar surface area (TPSA) is 59.4 Å². The lowest BCUT2D eigenvalue weighted by atomic mass is 9.99. The summed E-state index contributed by atoms with van der Waals surface area (Å²) in [5.74, 6) is -0.982. The van der Waals surface area contributed by atoms with E-state index < -0.39 is 11.8 Å². The number of halogens is 1. The predicted octanol–water partition coefficient (Wildman–Crippen LogP) is 5.43. The highest BCUT2D eigenvalue weighted by atomic mass is 32.2. The molecule has 0 radical (unpaired) electrons. The normalized spacial score (nSPS) is 16.1. The fourth-order valence-electron chi connectivity index (χ4n) is 2.92. The van der Waals surface area contributed by atoms with E-state index >= 15 is 0 Å². The average molecular weight is 408 g/mol. The minimum atomic E-state index is -0.858. The van der Waals surface area contributed by atoms with Crippen LogP contribution >= 0.6 is 23.5 Å². The SMILES string of the molecule is CC(C)Sc1ncccc1Sc1cc(F)c2c(c1)CCC(CCC(=O)O)O2. The van der Waals surface area contributed by atoms with Crippen LogP contribution < -0.4 is 4.74 Å². The fourth-order valence-corrected chi connectivity index (χ4v) is 4.85. The van der Waals surface area contributed by atoms with Crippen molar-refractivity contribution in [3.05, 3.63) is 41.8 Å². The predicted molar refractivity (Wildman–Crippen MR) is 105 cm³/mol. The molecule has 7 heteroatoms. The van der Waals surface area contributed by atoms with Crippen LogP contribution in [0.25, 0.3) is 0 Å². The standard InChI is InChI=1S/C20H22FNO3S2/c1-12(2)26-20-17(4-3-9-22-20)27-15-10-13-5-6-14(7-8-18(23)24)25-19(13)16(21)11-15/h3-4,9-12,14H,5-8H2,1-2H3,(H,23,24). The summed E-state index contributed by atoms with van der Waals surface area (Å²) in [6.07, 6.45) is 3.35. The third-order valence-electron chi connectivity index (χ3n) is 4.11. The van der Waals surface area contributed by atoms with Crippen LogP contribution in [0.5, 0.6) is 5.75 Å². The van der Waals surface area contributed by atoms with Crippen molar-refractivity contribution < 1.29 is 19.0 Å². The van der Waals surface area contributed by atoms with E-state index in [1.54, 1.807) is 18.0 Å². The Morgan fingerprint density at radius 1 is 1.44 bits per heavy atom. The summed E-state index contributed by atoms with van der Waals surface area (Å²) in [5.41, 5.74) is 0.839. The molecule has 0 spiro atoms. The number of hydrogen-bond donors (Lipinski definition) is 1. The molecule has 2 aromatic rings. The number of benzene rings is 1. The van der Waals surface area contributed by atoms with E-state index in [0.29, 0.717) is 24.5 Å². The van der Waals surface area contributed by atoms with Gasteiger partial charge in [-0.1, -0.05) is 25.6 Å². The van der Waals surface area contributed by atoms with Gasteiger partial charge in [0.15, 0.2) is 11.6 Å². The molecular weight excluding hydrogens is 385 g/mol. The zero-order valence-electron chi connectivity index (χ0n) is 15.3. The Hall–Kier alpha value is -1.73. The summed E-state index contributed by atoms with van der Waals surface area (Å²) >= 11 is 3.19. The molecular formula is C20H22FNO3S2. The molecule has 0 fully saturated rings. The highest BCUT2D eigenvalue weighted by molar-refractivity contribution is 8.02. The number of carbonyl (C=O) groups is 1. The third-order valence-corrected chi connectivity index (χ3v) is 6.28. The molecule has 0 aliphatic carbocycles. The number of carboxylic acid groups (broad SMARTS) is 1. The Morgan fingerprint density at radius 3 is 3.00 bits per heavy atom. The van der Waals surface area contributed by atoms with Crippen molar-refractivity contribution in [3.63, 3.8) is 0 Å². The quantitative estimate of drug-likeness (QED) is 0.618. The molecule has 0 saturated heterocycles. The average Bonchev–Trinajstić information content (AvgIpc) is 2.61. The van der Waals surface area contributed by atoms with Crippen molar-refractivity contribution in [3.8, 4) is 5.75 Å². The van der Waals surface area contributed by atoms with Gasteiger partial charge in [0.25, 0.3) is 0 Å². The van der Waals surface area contributed by atoms with Crippen molar-refractivity contribution in [2.45, 2.75) is 65.7 Å². The number of aliphatic carboxylic acids is 1. The first-order chi connectivity index (χ1) is 12.9. The first-order valence-corrected chi connectivity index (χ1v) is 10.6. The molecule has 0 saturated carbocycles. The van der Waals surface area contributed by atoms with Crippen LogP contribution in [0.15, 0.2) is 45.3 Å². The van der Waals surface area contributed by atoms with E-state index in [1.165, 1.54) is 17.8 Å².